The largest absolute Gasteiger partial charge is 0.339 e. The first-order valence-corrected chi connectivity index (χ1v) is 9.84. The Morgan fingerprint density at radius 1 is 1.13 bits per heavy atom. The molecule has 2 rings (SSSR count). The predicted molar refractivity (Wildman–Crippen MR) is 90.9 cm³/mol. The number of rotatable bonds is 7. The molecule has 6 heteroatoms. The van der Waals surface area contributed by atoms with Crippen LogP contribution in [0.3, 0.4) is 0 Å². The maximum atomic E-state index is 12.6. The van der Waals surface area contributed by atoms with Crippen LogP contribution in [0.2, 0.25) is 0 Å². The third-order valence-corrected chi connectivity index (χ3v) is 5.95. The number of carbonyl (C=O) groups is 1. The number of hydrogen-bond acceptors (Lipinski definition) is 3. The van der Waals surface area contributed by atoms with E-state index in [9.17, 15) is 13.2 Å². The molecule has 23 heavy (non-hydrogen) atoms. The Morgan fingerprint density at radius 2 is 1.74 bits per heavy atom. The second kappa shape index (κ2) is 7.93. The second-order valence-corrected chi connectivity index (χ2v) is 7.87. The fourth-order valence-electron chi connectivity index (χ4n) is 2.90. The smallest absolute Gasteiger partial charge is 0.253 e. The van der Waals surface area contributed by atoms with Gasteiger partial charge >= 0.3 is 0 Å². The van der Waals surface area contributed by atoms with Crippen molar-refractivity contribution in [2.24, 2.45) is 0 Å². The van der Waals surface area contributed by atoms with Crippen LogP contribution in [-0.2, 0) is 10.0 Å². The van der Waals surface area contributed by atoms with E-state index >= 15 is 0 Å². The van der Waals surface area contributed by atoms with Gasteiger partial charge in [0, 0.05) is 31.7 Å². The van der Waals surface area contributed by atoms with Crippen LogP contribution in [-0.4, -0.2) is 49.7 Å². The van der Waals surface area contributed by atoms with Crippen molar-refractivity contribution >= 4 is 15.9 Å². The fourth-order valence-corrected chi connectivity index (χ4v) is 4.47. The van der Waals surface area contributed by atoms with Crippen molar-refractivity contribution in [1.82, 2.24) is 9.21 Å². The second-order valence-electron chi connectivity index (χ2n) is 5.93. The van der Waals surface area contributed by atoms with Gasteiger partial charge in [-0.05, 0) is 43.9 Å². The van der Waals surface area contributed by atoms with Crippen LogP contribution in [0.25, 0.3) is 0 Å². The highest BCUT2D eigenvalue weighted by molar-refractivity contribution is 7.89. The predicted octanol–water partition coefficient (Wildman–Crippen LogP) is 2.73. The van der Waals surface area contributed by atoms with E-state index in [0.29, 0.717) is 31.7 Å². The van der Waals surface area contributed by atoms with Crippen LogP contribution < -0.4 is 0 Å². The van der Waals surface area contributed by atoms with E-state index in [2.05, 4.69) is 0 Å². The Bertz CT molecular complexity index is 631. The summed E-state index contributed by atoms with van der Waals surface area (Å²) in [5, 5.41) is 0. The van der Waals surface area contributed by atoms with E-state index < -0.39 is 10.0 Å². The zero-order chi connectivity index (χ0) is 16.9. The average Bonchev–Trinajstić information content (AvgIpc) is 3.09. The van der Waals surface area contributed by atoms with Gasteiger partial charge in [0.25, 0.3) is 5.91 Å². The molecule has 0 aliphatic carbocycles. The summed E-state index contributed by atoms with van der Waals surface area (Å²) >= 11 is 0. The topological polar surface area (TPSA) is 57.7 Å². The molecule has 0 bridgehead atoms. The van der Waals surface area contributed by atoms with E-state index in [0.717, 1.165) is 25.7 Å². The van der Waals surface area contributed by atoms with Crippen LogP contribution in [0.4, 0.5) is 0 Å². The van der Waals surface area contributed by atoms with Crippen LogP contribution in [0.15, 0.2) is 29.2 Å². The maximum absolute atomic E-state index is 12.6. The summed E-state index contributed by atoms with van der Waals surface area (Å²) in [7, 11) is -3.48. The van der Waals surface area contributed by atoms with Gasteiger partial charge in [0.1, 0.15) is 0 Å². The molecule has 1 fully saturated rings. The normalized spacial score (nSPS) is 15.7. The highest BCUT2D eigenvalue weighted by Gasteiger charge is 2.28. The number of hydrogen-bond donors (Lipinski definition) is 0. The summed E-state index contributed by atoms with van der Waals surface area (Å²) in [4.78, 5) is 14.7. The van der Waals surface area contributed by atoms with Gasteiger partial charge < -0.3 is 4.90 Å². The molecule has 0 spiro atoms. The van der Waals surface area contributed by atoms with Crippen molar-refractivity contribution in [1.29, 1.82) is 0 Å². The average molecular weight is 338 g/mol. The van der Waals surface area contributed by atoms with Crippen LogP contribution in [0.1, 0.15) is 49.9 Å². The van der Waals surface area contributed by atoms with Crippen LogP contribution >= 0.6 is 0 Å². The van der Waals surface area contributed by atoms with Crippen LogP contribution in [0.5, 0.6) is 0 Å². The molecule has 128 valence electrons. The Kier molecular flexibility index (Phi) is 6.18. The fraction of sp³-hybridized carbons (Fsp3) is 0.588. The first-order chi connectivity index (χ1) is 11.0. The van der Waals surface area contributed by atoms with E-state index in [1.165, 1.54) is 10.4 Å². The van der Waals surface area contributed by atoms with Crippen molar-refractivity contribution in [2.75, 3.05) is 26.2 Å². The molecule has 5 nitrogen and oxygen atoms in total. The Hall–Kier alpha value is -1.40. The van der Waals surface area contributed by atoms with E-state index in [-0.39, 0.29) is 10.8 Å². The third kappa shape index (κ3) is 4.12. The van der Waals surface area contributed by atoms with E-state index in [1.807, 2.05) is 13.8 Å². The van der Waals surface area contributed by atoms with E-state index in [4.69, 9.17) is 0 Å². The van der Waals surface area contributed by atoms with Gasteiger partial charge in [-0.1, -0.05) is 19.9 Å². The van der Waals surface area contributed by atoms with Gasteiger partial charge in [-0.15, -0.1) is 0 Å². The van der Waals surface area contributed by atoms with Crippen molar-refractivity contribution in [2.45, 2.75) is 44.4 Å². The molecule has 0 unspecified atom stereocenters. The van der Waals surface area contributed by atoms with Gasteiger partial charge in [0.2, 0.25) is 10.0 Å². The van der Waals surface area contributed by atoms with Gasteiger partial charge in [0.15, 0.2) is 0 Å². The third-order valence-electron chi connectivity index (χ3n) is 4.06. The standard InChI is InChI=1S/C17H26N2O3S/c1-3-10-18(11-4-2)17(20)15-8-7-9-16(14-15)23(21,22)19-12-5-6-13-19/h7-9,14H,3-6,10-13H2,1-2H3. The van der Waals surface area contributed by atoms with Crippen molar-refractivity contribution in [3.05, 3.63) is 29.8 Å². The van der Waals surface area contributed by atoms with Crippen LogP contribution in [0, 0.1) is 0 Å². The number of carbonyl (C=O) groups excluding carboxylic acids is 1. The molecule has 1 aromatic carbocycles. The molecule has 1 aromatic rings. The number of benzene rings is 1. The Labute approximate surface area is 139 Å². The Balaban J connectivity index is 2.26. The van der Waals surface area contributed by atoms with Gasteiger partial charge in [0.05, 0.1) is 4.90 Å². The highest BCUT2D eigenvalue weighted by atomic mass is 32.2. The molecule has 0 N–H and O–H groups in total. The molecule has 1 saturated heterocycles. The zero-order valence-corrected chi connectivity index (χ0v) is 14.8. The molecular formula is C17H26N2O3S. The molecule has 1 aliphatic heterocycles. The molecule has 0 saturated carbocycles. The first-order valence-electron chi connectivity index (χ1n) is 8.40. The minimum atomic E-state index is -3.48. The summed E-state index contributed by atoms with van der Waals surface area (Å²) in [5.41, 5.74) is 0.451. The lowest BCUT2D eigenvalue weighted by Crippen LogP contribution is -2.33. The molecule has 0 atom stereocenters. The Morgan fingerprint density at radius 3 is 2.30 bits per heavy atom. The van der Waals surface area contributed by atoms with Crippen molar-refractivity contribution in [3.63, 3.8) is 0 Å². The lowest BCUT2D eigenvalue weighted by Gasteiger charge is -2.22. The van der Waals surface area contributed by atoms with Gasteiger partial charge in [-0.3, -0.25) is 4.79 Å². The molecule has 1 amide bonds. The lowest BCUT2D eigenvalue weighted by molar-refractivity contribution is 0.0755. The molecule has 1 aliphatic rings. The van der Waals surface area contributed by atoms with Gasteiger partial charge in [-0.2, -0.15) is 4.31 Å². The number of nitrogens with zero attached hydrogens (tertiary/aromatic N) is 2. The lowest BCUT2D eigenvalue weighted by atomic mass is 10.2. The van der Waals surface area contributed by atoms with E-state index in [1.54, 1.807) is 23.1 Å². The summed E-state index contributed by atoms with van der Waals surface area (Å²) in [5.74, 6) is -0.0906. The molecule has 0 radical (unpaired) electrons. The van der Waals surface area contributed by atoms with Crippen molar-refractivity contribution in [3.8, 4) is 0 Å². The summed E-state index contributed by atoms with van der Waals surface area (Å²) < 4.78 is 26.8. The maximum Gasteiger partial charge on any atom is 0.253 e. The minimum Gasteiger partial charge on any atom is -0.339 e. The zero-order valence-electron chi connectivity index (χ0n) is 14.0. The first kappa shape index (κ1) is 17.9. The van der Waals surface area contributed by atoms with Crippen molar-refractivity contribution < 1.29 is 13.2 Å². The quantitative estimate of drug-likeness (QED) is 0.768. The number of amides is 1. The minimum absolute atomic E-state index is 0.0906. The SMILES string of the molecule is CCCN(CCC)C(=O)c1cccc(S(=O)(=O)N2CCCC2)c1. The highest BCUT2D eigenvalue weighted by Crippen LogP contribution is 2.22. The summed E-state index contributed by atoms with van der Waals surface area (Å²) in [6.45, 7) is 6.58. The molecule has 0 aromatic heterocycles. The van der Waals surface area contributed by atoms with Gasteiger partial charge in [-0.25, -0.2) is 8.42 Å². The monoisotopic (exact) mass is 338 g/mol. The number of sulfonamides is 1. The molecular weight excluding hydrogens is 312 g/mol. The molecule has 1 heterocycles. The summed E-state index contributed by atoms with van der Waals surface area (Å²) in [6.07, 6.45) is 3.58. The summed E-state index contributed by atoms with van der Waals surface area (Å²) in [6, 6.07) is 6.46.